The molecule has 0 radical (unpaired) electrons. The number of ether oxygens (including phenoxy) is 2. The van der Waals surface area contributed by atoms with E-state index in [4.69, 9.17) is 15.2 Å². The molecule has 0 aromatic heterocycles. The van der Waals surface area contributed by atoms with Crippen molar-refractivity contribution in [3.05, 3.63) is 23.8 Å². The van der Waals surface area contributed by atoms with Crippen LogP contribution < -0.4 is 5.73 Å². The van der Waals surface area contributed by atoms with Crippen LogP contribution in [0.15, 0.2) is 23.8 Å². The predicted octanol–water partition coefficient (Wildman–Crippen LogP) is 3.07. The Bertz CT molecular complexity index is 680. The maximum absolute atomic E-state index is 10.9. The summed E-state index contributed by atoms with van der Waals surface area (Å²) in [6, 6.07) is 0. The third kappa shape index (κ3) is 7.36. The highest BCUT2D eigenvalue weighted by atomic mass is 16.7. The molecule has 9 atom stereocenters. The molecule has 0 aromatic rings. The molecular weight excluding hydrogens is 422 g/mol. The van der Waals surface area contributed by atoms with E-state index >= 15 is 0 Å². The second kappa shape index (κ2) is 12.5. The Labute approximate surface area is 199 Å². The van der Waals surface area contributed by atoms with E-state index in [0.717, 1.165) is 31.3 Å². The largest absolute Gasteiger partial charge is 0.396 e. The molecule has 0 bridgehead atoms. The summed E-state index contributed by atoms with van der Waals surface area (Å²) >= 11 is 0. The number of rotatable bonds is 10. The molecule has 0 aromatic carbocycles. The SMILES string of the molecule is CCC(/C=C/C(N)=O)=C\CCC(CO)C[C@H](C)[C@@H]1C[C@H](O)[C@H](C)[C@]2(C[C@@H](O)[C@H](C)[C@@H](C)O2)O1. The Hall–Kier alpha value is -1.25. The standard InChI is InChI=1S/C26H45NO6/c1-6-20(10-11-25(27)31)8-7-9-21(15-28)12-16(2)24-13-22(29)18(4)26(33-24)14-23(30)17(3)19(5)32-26/h8,10-11,16-19,21-24,28-30H,6-7,9,12-15H2,1-5H3,(H2,27,31)/b11-10+,20-8+/t16-,17+,18-,19+,21?,22-,23+,24-,26-/m0/s1. The van der Waals surface area contributed by atoms with Gasteiger partial charge in [0.25, 0.3) is 0 Å². The number of aliphatic hydroxyl groups excluding tert-OH is 3. The molecule has 33 heavy (non-hydrogen) atoms. The monoisotopic (exact) mass is 467 g/mol. The van der Waals surface area contributed by atoms with E-state index in [1.807, 2.05) is 27.7 Å². The van der Waals surface area contributed by atoms with Crippen LogP contribution in [0.3, 0.4) is 0 Å². The molecule has 7 nitrogen and oxygen atoms in total. The number of amides is 1. The zero-order chi connectivity index (χ0) is 24.8. The fourth-order valence-electron chi connectivity index (χ4n) is 5.11. The molecule has 1 amide bonds. The van der Waals surface area contributed by atoms with Crippen LogP contribution in [0.25, 0.3) is 0 Å². The average molecular weight is 468 g/mol. The third-order valence-electron chi connectivity index (χ3n) is 7.77. The first-order valence-corrected chi connectivity index (χ1v) is 12.5. The van der Waals surface area contributed by atoms with Crippen molar-refractivity contribution in [2.24, 2.45) is 29.4 Å². The molecule has 2 aliphatic heterocycles. The minimum Gasteiger partial charge on any atom is -0.396 e. The summed E-state index contributed by atoms with van der Waals surface area (Å²) in [5, 5.41) is 31.4. The first-order valence-electron chi connectivity index (χ1n) is 12.5. The molecule has 0 saturated carbocycles. The summed E-state index contributed by atoms with van der Waals surface area (Å²) in [5.41, 5.74) is 6.22. The lowest BCUT2D eigenvalue weighted by molar-refractivity contribution is -0.373. The van der Waals surface area contributed by atoms with Crippen molar-refractivity contribution >= 4 is 5.91 Å². The van der Waals surface area contributed by atoms with Gasteiger partial charge in [-0.25, -0.2) is 0 Å². The van der Waals surface area contributed by atoms with Crippen molar-refractivity contribution in [2.75, 3.05) is 6.61 Å². The number of allylic oxidation sites excluding steroid dienone is 3. The summed E-state index contributed by atoms with van der Waals surface area (Å²) in [4.78, 5) is 10.9. The lowest BCUT2D eigenvalue weighted by Gasteiger charge is -2.54. The second-order valence-electron chi connectivity index (χ2n) is 10.2. The zero-order valence-corrected chi connectivity index (χ0v) is 20.9. The first kappa shape index (κ1) is 28.0. The molecule has 2 saturated heterocycles. The van der Waals surface area contributed by atoms with Crippen LogP contribution >= 0.6 is 0 Å². The first-order chi connectivity index (χ1) is 15.5. The van der Waals surface area contributed by atoms with E-state index in [1.165, 1.54) is 6.08 Å². The maximum Gasteiger partial charge on any atom is 0.241 e. The Morgan fingerprint density at radius 1 is 1.18 bits per heavy atom. The zero-order valence-electron chi connectivity index (χ0n) is 20.9. The Morgan fingerprint density at radius 3 is 2.45 bits per heavy atom. The molecule has 2 aliphatic rings. The van der Waals surface area contributed by atoms with E-state index in [1.54, 1.807) is 6.08 Å². The van der Waals surface area contributed by atoms with Gasteiger partial charge in [-0.2, -0.15) is 0 Å². The van der Waals surface area contributed by atoms with Gasteiger partial charge in [0.1, 0.15) is 0 Å². The normalized spacial score (nSPS) is 37.4. The number of aliphatic hydroxyl groups is 3. The lowest BCUT2D eigenvalue weighted by Crippen LogP contribution is -2.62. The highest BCUT2D eigenvalue weighted by Gasteiger charge is 2.54. The van der Waals surface area contributed by atoms with Crippen LogP contribution in [0, 0.1) is 23.7 Å². The summed E-state index contributed by atoms with van der Waals surface area (Å²) in [6.45, 7) is 10.1. The van der Waals surface area contributed by atoms with Crippen molar-refractivity contribution < 1.29 is 29.6 Å². The second-order valence-corrected chi connectivity index (χ2v) is 10.2. The number of carbonyl (C=O) groups is 1. The molecule has 190 valence electrons. The van der Waals surface area contributed by atoms with Gasteiger partial charge < -0.3 is 30.5 Å². The molecule has 5 N–H and O–H groups in total. The molecule has 7 heteroatoms. The van der Waals surface area contributed by atoms with Crippen LogP contribution in [0.1, 0.15) is 73.1 Å². The van der Waals surface area contributed by atoms with Gasteiger partial charge in [-0.05, 0) is 44.4 Å². The topological polar surface area (TPSA) is 122 Å². The highest BCUT2D eigenvalue weighted by molar-refractivity contribution is 5.86. The van der Waals surface area contributed by atoms with Crippen LogP contribution in [-0.4, -0.2) is 58.0 Å². The molecule has 1 unspecified atom stereocenters. The maximum atomic E-state index is 10.9. The van der Waals surface area contributed by atoms with Gasteiger partial charge in [-0.1, -0.05) is 45.4 Å². The highest BCUT2D eigenvalue weighted by Crippen LogP contribution is 2.46. The Morgan fingerprint density at radius 2 is 1.88 bits per heavy atom. The van der Waals surface area contributed by atoms with E-state index in [9.17, 15) is 20.1 Å². The molecule has 0 aliphatic carbocycles. The number of hydrogen-bond acceptors (Lipinski definition) is 6. The van der Waals surface area contributed by atoms with E-state index in [2.05, 4.69) is 13.0 Å². The fraction of sp³-hybridized carbons (Fsp3) is 0.808. The summed E-state index contributed by atoms with van der Waals surface area (Å²) in [5.74, 6) is -1.45. The summed E-state index contributed by atoms with van der Waals surface area (Å²) < 4.78 is 12.8. The van der Waals surface area contributed by atoms with Gasteiger partial charge in [0, 0.05) is 37.4 Å². The molecular formula is C26H45NO6. The van der Waals surface area contributed by atoms with E-state index in [0.29, 0.717) is 12.8 Å². The van der Waals surface area contributed by atoms with E-state index < -0.39 is 23.9 Å². The van der Waals surface area contributed by atoms with Crippen molar-refractivity contribution in [3.63, 3.8) is 0 Å². The average Bonchev–Trinajstić information content (AvgIpc) is 2.76. The van der Waals surface area contributed by atoms with Crippen molar-refractivity contribution in [3.8, 4) is 0 Å². The van der Waals surface area contributed by atoms with Crippen LogP contribution in [0.4, 0.5) is 0 Å². The van der Waals surface area contributed by atoms with E-state index in [-0.39, 0.29) is 42.5 Å². The number of primary amides is 1. The fourth-order valence-corrected chi connectivity index (χ4v) is 5.11. The number of hydrogen-bond donors (Lipinski definition) is 4. The lowest BCUT2D eigenvalue weighted by atomic mass is 9.76. The van der Waals surface area contributed by atoms with Gasteiger partial charge >= 0.3 is 0 Å². The van der Waals surface area contributed by atoms with Crippen LogP contribution in [-0.2, 0) is 14.3 Å². The summed E-state index contributed by atoms with van der Waals surface area (Å²) in [6.07, 6.45) is 7.78. The van der Waals surface area contributed by atoms with Gasteiger partial charge in [-0.3, -0.25) is 4.79 Å². The molecule has 2 heterocycles. The molecule has 2 fully saturated rings. The quantitative estimate of drug-likeness (QED) is 0.289. The molecule has 2 rings (SSSR count). The van der Waals surface area contributed by atoms with Crippen LogP contribution in [0.5, 0.6) is 0 Å². The van der Waals surface area contributed by atoms with Gasteiger partial charge in [0.2, 0.25) is 5.91 Å². The van der Waals surface area contributed by atoms with Gasteiger partial charge in [0.05, 0.1) is 24.4 Å². The molecule has 1 spiro atoms. The smallest absolute Gasteiger partial charge is 0.241 e. The van der Waals surface area contributed by atoms with Crippen molar-refractivity contribution in [1.29, 1.82) is 0 Å². The summed E-state index contributed by atoms with van der Waals surface area (Å²) in [7, 11) is 0. The third-order valence-corrected chi connectivity index (χ3v) is 7.77. The van der Waals surface area contributed by atoms with Crippen LogP contribution in [0.2, 0.25) is 0 Å². The van der Waals surface area contributed by atoms with Crippen molar-refractivity contribution in [1.82, 2.24) is 0 Å². The van der Waals surface area contributed by atoms with Gasteiger partial charge in [-0.15, -0.1) is 0 Å². The number of carbonyl (C=O) groups excluding carboxylic acids is 1. The van der Waals surface area contributed by atoms with Crippen molar-refractivity contribution in [2.45, 2.75) is 103 Å². The Kier molecular flexibility index (Phi) is 10.6. The number of nitrogens with two attached hydrogens (primary N) is 1. The van der Waals surface area contributed by atoms with Gasteiger partial charge in [0.15, 0.2) is 5.79 Å². The minimum atomic E-state index is -0.984. The minimum absolute atomic E-state index is 0.0130. The Balaban J connectivity index is 2.01. The predicted molar refractivity (Wildman–Crippen MR) is 128 cm³/mol.